The molecule has 0 aliphatic heterocycles. The lowest BCUT2D eigenvalue weighted by Gasteiger charge is -2.20. The van der Waals surface area contributed by atoms with Crippen LogP contribution in [0.15, 0.2) is 18.2 Å². The second-order valence-electron chi connectivity index (χ2n) is 3.74. The molecule has 22 heavy (non-hydrogen) atoms. The van der Waals surface area contributed by atoms with Crippen LogP contribution < -0.4 is 9.84 Å². The van der Waals surface area contributed by atoms with Crippen LogP contribution in [-0.4, -0.2) is 30.8 Å². The molecule has 0 aliphatic rings. The van der Waals surface area contributed by atoms with Crippen molar-refractivity contribution in [1.82, 2.24) is 0 Å². The highest BCUT2D eigenvalue weighted by atomic mass is 127. The molecule has 5 nitrogen and oxygen atoms in total. The van der Waals surface area contributed by atoms with E-state index in [1.807, 2.05) is 0 Å². The molecule has 0 heterocycles. The van der Waals surface area contributed by atoms with Crippen LogP contribution in [0.25, 0.3) is 0 Å². The summed E-state index contributed by atoms with van der Waals surface area (Å²) in [7, 11) is 0. The molecule has 1 aromatic rings. The predicted octanol–water partition coefficient (Wildman–Crippen LogP) is 1.73. The van der Waals surface area contributed by atoms with Crippen LogP contribution in [0, 0.1) is 3.57 Å². The van der Waals surface area contributed by atoms with Gasteiger partial charge < -0.3 is 19.4 Å². The third kappa shape index (κ3) is 5.27. The highest BCUT2D eigenvalue weighted by Crippen LogP contribution is 2.28. The molecule has 0 atom stereocenters. The maximum absolute atomic E-state index is 12.9. The molecule has 0 saturated carbocycles. The first-order chi connectivity index (χ1) is 9.92. The number of ether oxygens (including phenoxy) is 2. The SMILES string of the molecule is O=C(OCC(F)(F)F)c1cc(I)ccc1OC(F)(F)C(=O)[O-]. The zero-order valence-corrected chi connectivity index (χ0v) is 12.4. The highest BCUT2D eigenvalue weighted by Gasteiger charge is 2.36. The molecular weight excluding hydrogens is 434 g/mol. The number of rotatable bonds is 5. The fourth-order valence-corrected chi connectivity index (χ4v) is 1.65. The number of benzene rings is 1. The number of carboxylic acid groups (broad SMARTS) is 1. The van der Waals surface area contributed by atoms with Gasteiger partial charge in [-0.05, 0) is 40.8 Å². The molecule has 0 aliphatic carbocycles. The lowest BCUT2D eigenvalue weighted by Crippen LogP contribution is -2.45. The first-order valence-electron chi connectivity index (χ1n) is 5.24. The summed E-state index contributed by atoms with van der Waals surface area (Å²) in [4.78, 5) is 21.7. The number of aliphatic carboxylic acids is 1. The maximum Gasteiger partial charge on any atom is 0.441 e. The van der Waals surface area contributed by atoms with Gasteiger partial charge in [0.15, 0.2) is 12.6 Å². The molecule has 0 unspecified atom stereocenters. The number of halogens is 6. The van der Waals surface area contributed by atoms with Crippen molar-refractivity contribution in [2.75, 3.05) is 6.61 Å². The Morgan fingerprint density at radius 2 is 1.77 bits per heavy atom. The van der Waals surface area contributed by atoms with E-state index in [0.717, 1.165) is 12.1 Å². The van der Waals surface area contributed by atoms with Gasteiger partial charge >= 0.3 is 18.3 Å². The van der Waals surface area contributed by atoms with E-state index in [1.54, 1.807) is 22.6 Å². The lowest BCUT2D eigenvalue weighted by molar-refractivity contribution is -0.350. The van der Waals surface area contributed by atoms with Gasteiger partial charge in [-0.15, -0.1) is 0 Å². The van der Waals surface area contributed by atoms with Gasteiger partial charge in [0.1, 0.15) is 11.3 Å². The van der Waals surface area contributed by atoms with E-state index < -0.39 is 42.1 Å². The normalized spacial score (nSPS) is 11.9. The average Bonchev–Trinajstić information content (AvgIpc) is 2.36. The topological polar surface area (TPSA) is 75.7 Å². The molecule has 122 valence electrons. The molecule has 0 N–H and O–H groups in total. The minimum absolute atomic E-state index is 0.292. The molecule has 0 radical (unpaired) electrons. The largest absolute Gasteiger partial charge is 0.541 e. The third-order valence-corrected chi connectivity index (χ3v) is 2.68. The summed E-state index contributed by atoms with van der Waals surface area (Å²) in [6.07, 6.45) is -9.58. The smallest absolute Gasteiger partial charge is 0.441 e. The van der Waals surface area contributed by atoms with E-state index in [2.05, 4.69) is 9.47 Å². The standard InChI is InChI=1S/C11H6F5IO5/c12-10(13,14)4-21-8(18)6-3-5(17)1-2-7(6)22-11(15,16)9(19)20/h1-3H,4H2,(H,19,20)/p-1. The molecule has 0 spiro atoms. The molecule has 11 heteroatoms. The fraction of sp³-hybridized carbons (Fsp3) is 0.273. The zero-order valence-electron chi connectivity index (χ0n) is 10.2. The van der Waals surface area contributed by atoms with Crippen molar-refractivity contribution in [3.63, 3.8) is 0 Å². The molecule has 0 saturated heterocycles. The van der Waals surface area contributed by atoms with E-state index >= 15 is 0 Å². The lowest BCUT2D eigenvalue weighted by atomic mass is 10.2. The number of carbonyl (C=O) groups is 2. The third-order valence-electron chi connectivity index (χ3n) is 2.00. The molecule has 1 aromatic carbocycles. The second-order valence-corrected chi connectivity index (χ2v) is 4.98. The summed E-state index contributed by atoms with van der Waals surface area (Å²) in [6, 6.07) is 2.87. The van der Waals surface area contributed by atoms with Crippen molar-refractivity contribution >= 4 is 34.5 Å². The number of carboxylic acids is 1. The number of alkyl halides is 5. The molecule has 0 fully saturated rings. The van der Waals surface area contributed by atoms with Gasteiger partial charge in [0.05, 0.1) is 0 Å². The highest BCUT2D eigenvalue weighted by molar-refractivity contribution is 14.1. The van der Waals surface area contributed by atoms with E-state index in [-0.39, 0.29) is 0 Å². The van der Waals surface area contributed by atoms with Crippen LogP contribution in [0.2, 0.25) is 0 Å². The second kappa shape index (κ2) is 6.62. The van der Waals surface area contributed by atoms with Crippen molar-refractivity contribution in [1.29, 1.82) is 0 Å². The monoisotopic (exact) mass is 439 g/mol. The van der Waals surface area contributed by atoms with Crippen LogP contribution >= 0.6 is 22.6 Å². The van der Waals surface area contributed by atoms with Crippen molar-refractivity contribution in [3.8, 4) is 5.75 Å². The Labute approximate surface area is 133 Å². The number of hydrogen-bond donors (Lipinski definition) is 0. The maximum atomic E-state index is 12.9. The summed E-state index contributed by atoms with van der Waals surface area (Å²) < 4.78 is 69.8. The van der Waals surface area contributed by atoms with Crippen molar-refractivity contribution < 1.29 is 46.1 Å². The Bertz CT molecular complexity index is 587. The molecule has 1 rings (SSSR count). The van der Waals surface area contributed by atoms with Crippen LogP contribution in [-0.2, 0) is 9.53 Å². The molecule has 0 amide bonds. The van der Waals surface area contributed by atoms with Crippen LogP contribution in [0.3, 0.4) is 0 Å². The number of hydrogen-bond acceptors (Lipinski definition) is 5. The summed E-state index contributed by atoms with van der Waals surface area (Å²) in [5.41, 5.74) is -0.780. The van der Waals surface area contributed by atoms with Gasteiger partial charge in [0, 0.05) is 3.57 Å². The van der Waals surface area contributed by atoms with Crippen molar-refractivity contribution in [2.45, 2.75) is 12.3 Å². The van der Waals surface area contributed by atoms with E-state index in [4.69, 9.17) is 0 Å². The van der Waals surface area contributed by atoms with Gasteiger partial charge in [0.2, 0.25) is 0 Å². The summed E-state index contributed by atoms with van der Waals surface area (Å²) >= 11 is 1.65. The van der Waals surface area contributed by atoms with Crippen molar-refractivity contribution in [3.05, 3.63) is 27.3 Å². The van der Waals surface area contributed by atoms with Gasteiger partial charge in [0.25, 0.3) is 0 Å². The summed E-state index contributed by atoms with van der Waals surface area (Å²) in [5, 5.41) is 10.2. The van der Waals surface area contributed by atoms with Crippen LogP contribution in [0.4, 0.5) is 22.0 Å². The Morgan fingerprint density at radius 1 is 1.18 bits per heavy atom. The van der Waals surface area contributed by atoms with E-state index in [9.17, 15) is 36.6 Å². The zero-order chi connectivity index (χ0) is 17.1. The average molecular weight is 439 g/mol. The Hall–Kier alpha value is -1.66. The first kappa shape index (κ1) is 18.4. The quantitative estimate of drug-likeness (QED) is 0.397. The number of esters is 1. The van der Waals surface area contributed by atoms with E-state index in [1.165, 1.54) is 6.07 Å². The number of carbonyl (C=O) groups excluding carboxylic acids is 2. The summed E-state index contributed by atoms with van der Waals surface area (Å²) in [6.45, 7) is -1.94. The molecule has 0 bridgehead atoms. The molecular formula is C11H5F5IO5-. The minimum atomic E-state index is -4.81. The summed E-state index contributed by atoms with van der Waals surface area (Å²) in [5.74, 6) is -5.43. The first-order valence-corrected chi connectivity index (χ1v) is 6.32. The Balaban J connectivity index is 3.06. The molecule has 0 aromatic heterocycles. The van der Waals surface area contributed by atoms with Gasteiger partial charge in [-0.2, -0.15) is 22.0 Å². The van der Waals surface area contributed by atoms with E-state index in [0.29, 0.717) is 3.57 Å². The van der Waals surface area contributed by atoms with Gasteiger partial charge in [-0.25, -0.2) is 4.79 Å². The van der Waals surface area contributed by atoms with Crippen LogP contribution in [0.1, 0.15) is 10.4 Å². The fourth-order valence-electron chi connectivity index (χ4n) is 1.16. The van der Waals surface area contributed by atoms with Crippen LogP contribution in [0.5, 0.6) is 5.75 Å². The Morgan fingerprint density at radius 3 is 2.27 bits per heavy atom. The van der Waals surface area contributed by atoms with Crippen molar-refractivity contribution in [2.24, 2.45) is 0 Å². The van der Waals surface area contributed by atoms with Gasteiger partial charge in [-0.1, -0.05) is 0 Å². The van der Waals surface area contributed by atoms with Gasteiger partial charge in [-0.3, -0.25) is 0 Å². The predicted molar refractivity (Wildman–Crippen MR) is 66.1 cm³/mol. The Kier molecular flexibility index (Phi) is 5.54. The minimum Gasteiger partial charge on any atom is -0.541 e.